The monoisotopic (exact) mass is 466 g/mol. The van der Waals surface area contributed by atoms with E-state index in [2.05, 4.69) is 16.0 Å². The Morgan fingerprint density at radius 2 is 1.74 bits per heavy atom. The molecule has 4 amide bonds. The van der Waals surface area contributed by atoms with Gasteiger partial charge in [-0.3, -0.25) is 14.4 Å². The van der Waals surface area contributed by atoms with E-state index in [1.807, 2.05) is 31.2 Å². The average Bonchev–Trinajstić information content (AvgIpc) is 2.80. The molecule has 0 aliphatic carbocycles. The Morgan fingerprint density at radius 1 is 1.00 bits per heavy atom. The highest BCUT2D eigenvalue weighted by atomic mass is 16.6. The number of amides is 4. The van der Waals surface area contributed by atoms with Crippen molar-refractivity contribution >= 4 is 35.2 Å². The van der Waals surface area contributed by atoms with Gasteiger partial charge in [-0.2, -0.15) is 0 Å². The van der Waals surface area contributed by atoms with Crippen molar-refractivity contribution in [2.75, 3.05) is 23.7 Å². The maximum Gasteiger partial charge on any atom is 0.323 e. The lowest BCUT2D eigenvalue weighted by Gasteiger charge is -2.34. The number of carbonyl (C=O) groups is 4. The minimum absolute atomic E-state index is 0.0936. The van der Waals surface area contributed by atoms with Gasteiger partial charge in [0, 0.05) is 31.3 Å². The molecule has 0 saturated carbocycles. The van der Waals surface area contributed by atoms with Gasteiger partial charge in [0.05, 0.1) is 13.0 Å². The van der Waals surface area contributed by atoms with Crippen LogP contribution in [0.25, 0.3) is 0 Å². The van der Waals surface area contributed by atoms with E-state index in [9.17, 15) is 19.2 Å². The van der Waals surface area contributed by atoms with Crippen LogP contribution < -0.4 is 16.0 Å². The third-order valence-electron chi connectivity index (χ3n) is 5.48. The molecule has 1 aliphatic rings. The van der Waals surface area contributed by atoms with Gasteiger partial charge < -0.3 is 25.6 Å². The fraction of sp³-hybridized carbons (Fsp3) is 0.360. The summed E-state index contributed by atoms with van der Waals surface area (Å²) >= 11 is 0. The predicted molar refractivity (Wildman–Crippen MR) is 128 cm³/mol. The molecule has 180 valence electrons. The maximum absolute atomic E-state index is 12.5. The topological polar surface area (TPSA) is 117 Å². The SMILES string of the molecule is CC(=O)OC1CCCCN1C(=O)CNC(=O)Cc1ccc(NC(=O)Nc2ccccc2C)cc1. The summed E-state index contributed by atoms with van der Waals surface area (Å²) in [5.74, 6) is -1.01. The van der Waals surface area contributed by atoms with E-state index in [1.54, 1.807) is 24.3 Å². The first-order chi connectivity index (χ1) is 16.3. The molecule has 1 aliphatic heterocycles. The standard InChI is InChI=1S/C25H30N4O5/c1-17-7-3-4-8-21(17)28-25(33)27-20-12-10-19(11-13-20)15-22(31)26-16-23(32)29-14-6-5-9-24(29)34-18(2)30/h3-4,7-8,10-13,24H,5-6,9,14-16H2,1-2H3,(H,26,31)(H2,27,28,33). The Balaban J connectivity index is 1.45. The molecule has 0 spiro atoms. The van der Waals surface area contributed by atoms with E-state index in [1.165, 1.54) is 11.8 Å². The Kier molecular flexibility index (Phi) is 8.61. The summed E-state index contributed by atoms with van der Waals surface area (Å²) in [5, 5.41) is 8.18. The van der Waals surface area contributed by atoms with E-state index in [0.717, 1.165) is 29.7 Å². The van der Waals surface area contributed by atoms with Crippen molar-refractivity contribution in [1.82, 2.24) is 10.2 Å². The molecular weight excluding hydrogens is 436 g/mol. The molecule has 0 radical (unpaired) electrons. The van der Waals surface area contributed by atoms with Crippen molar-refractivity contribution in [3.05, 3.63) is 59.7 Å². The van der Waals surface area contributed by atoms with Crippen LogP contribution in [-0.2, 0) is 25.5 Å². The molecule has 0 bridgehead atoms. The second-order valence-corrected chi connectivity index (χ2v) is 8.19. The fourth-order valence-corrected chi connectivity index (χ4v) is 3.73. The Labute approximate surface area is 198 Å². The number of urea groups is 1. The van der Waals surface area contributed by atoms with Crippen LogP contribution in [0.4, 0.5) is 16.2 Å². The first kappa shape index (κ1) is 24.8. The zero-order chi connectivity index (χ0) is 24.5. The summed E-state index contributed by atoms with van der Waals surface area (Å²) in [6, 6.07) is 14.0. The van der Waals surface area contributed by atoms with Gasteiger partial charge in [-0.25, -0.2) is 4.79 Å². The van der Waals surface area contributed by atoms with Gasteiger partial charge in [0.15, 0.2) is 6.23 Å². The van der Waals surface area contributed by atoms with Crippen LogP contribution >= 0.6 is 0 Å². The quantitative estimate of drug-likeness (QED) is 0.542. The van der Waals surface area contributed by atoms with Gasteiger partial charge in [0.25, 0.3) is 0 Å². The highest BCUT2D eigenvalue weighted by Gasteiger charge is 2.28. The van der Waals surface area contributed by atoms with Crippen molar-refractivity contribution in [1.29, 1.82) is 0 Å². The molecule has 1 saturated heterocycles. The number of piperidine rings is 1. The number of anilines is 2. The zero-order valence-corrected chi connectivity index (χ0v) is 19.4. The summed E-state index contributed by atoms with van der Waals surface area (Å²) < 4.78 is 5.22. The highest BCUT2D eigenvalue weighted by molar-refractivity contribution is 6.00. The smallest absolute Gasteiger partial charge is 0.323 e. The minimum Gasteiger partial charge on any atom is -0.442 e. The number of hydrogen-bond donors (Lipinski definition) is 3. The number of nitrogens with zero attached hydrogens (tertiary/aromatic N) is 1. The van der Waals surface area contributed by atoms with Crippen molar-refractivity contribution in [2.45, 2.75) is 45.8 Å². The first-order valence-corrected chi connectivity index (χ1v) is 11.3. The Morgan fingerprint density at radius 3 is 2.44 bits per heavy atom. The second-order valence-electron chi connectivity index (χ2n) is 8.19. The molecule has 3 rings (SSSR count). The third-order valence-corrected chi connectivity index (χ3v) is 5.48. The van der Waals surface area contributed by atoms with Crippen molar-refractivity contribution in [3.63, 3.8) is 0 Å². The molecule has 34 heavy (non-hydrogen) atoms. The van der Waals surface area contributed by atoms with Crippen molar-refractivity contribution < 1.29 is 23.9 Å². The molecule has 2 aromatic carbocycles. The first-order valence-electron chi connectivity index (χ1n) is 11.3. The molecule has 1 atom stereocenters. The lowest BCUT2D eigenvalue weighted by molar-refractivity contribution is -0.166. The van der Waals surface area contributed by atoms with Crippen LogP contribution in [0.2, 0.25) is 0 Å². The summed E-state index contributed by atoms with van der Waals surface area (Å²) in [4.78, 5) is 49.8. The van der Waals surface area contributed by atoms with E-state index in [4.69, 9.17) is 4.74 Å². The van der Waals surface area contributed by atoms with E-state index in [0.29, 0.717) is 18.7 Å². The summed E-state index contributed by atoms with van der Waals surface area (Å²) in [6.45, 7) is 3.57. The summed E-state index contributed by atoms with van der Waals surface area (Å²) in [6.07, 6.45) is 1.84. The van der Waals surface area contributed by atoms with Crippen LogP contribution in [0.15, 0.2) is 48.5 Å². The number of para-hydroxylation sites is 1. The number of hydrogen-bond acceptors (Lipinski definition) is 5. The van der Waals surface area contributed by atoms with Crippen LogP contribution in [0.5, 0.6) is 0 Å². The number of ether oxygens (including phenoxy) is 1. The van der Waals surface area contributed by atoms with E-state index >= 15 is 0 Å². The largest absolute Gasteiger partial charge is 0.442 e. The number of aryl methyl sites for hydroxylation is 1. The molecule has 9 heteroatoms. The van der Waals surface area contributed by atoms with Crippen molar-refractivity contribution in [2.24, 2.45) is 0 Å². The molecule has 3 N–H and O–H groups in total. The Bertz CT molecular complexity index is 1040. The second kappa shape index (κ2) is 11.8. The van der Waals surface area contributed by atoms with Gasteiger partial charge in [-0.05, 0) is 49.1 Å². The normalized spacial score (nSPS) is 15.2. The molecule has 2 aromatic rings. The number of nitrogens with one attached hydrogen (secondary N) is 3. The van der Waals surface area contributed by atoms with E-state index in [-0.39, 0.29) is 30.8 Å². The highest BCUT2D eigenvalue weighted by Crippen LogP contribution is 2.18. The number of rotatable bonds is 7. The number of esters is 1. The molecule has 1 unspecified atom stereocenters. The fourth-order valence-electron chi connectivity index (χ4n) is 3.73. The Hall–Kier alpha value is -3.88. The number of likely N-dealkylation sites (tertiary alicyclic amines) is 1. The molecular formula is C25H30N4O5. The molecule has 1 fully saturated rings. The van der Waals surface area contributed by atoms with Gasteiger partial charge in [0.2, 0.25) is 11.8 Å². The lowest BCUT2D eigenvalue weighted by atomic mass is 10.1. The lowest BCUT2D eigenvalue weighted by Crippen LogP contribution is -2.49. The third kappa shape index (κ3) is 7.33. The number of benzene rings is 2. The minimum atomic E-state index is -0.571. The molecule has 9 nitrogen and oxygen atoms in total. The van der Waals surface area contributed by atoms with Crippen molar-refractivity contribution in [3.8, 4) is 0 Å². The van der Waals surface area contributed by atoms with Crippen LogP contribution in [-0.4, -0.2) is 48.0 Å². The van der Waals surface area contributed by atoms with Crippen LogP contribution in [0.1, 0.15) is 37.3 Å². The molecule has 1 heterocycles. The average molecular weight is 467 g/mol. The zero-order valence-electron chi connectivity index (χ0n) is 19.4. The maximum atomic E-state index is 12.5. The van der Waals surface area contributed by atoms with Gasteiger partial charge in [-0.1, -0.05) is 30.3 Å². The van der Waals surface area contributed by atoms with Crippen LogP contribution in [0.3, 0.4) is 0 Å². The molecule has 0 aromatic heterocycles. The summed E-state index contributed by atoms with van der Waals surface area (Å²) in [5.41, 5.74) is 3.02. The van der Waals surface area contributed by atoms with Gasteiger partial charge in [-0.15, -0.1) is 0 Å². The van der Waals surface area contributed by atoms with E-state index < -0.39 is 12.2 Å². The summed E-state index contributed by atoms with van der Waals surface area (Å²) in [7, 11) is 0. The van der Waals surface area contributed by atoms with Gasteiger partial charge >= 0.3 is 12.0 Å². The number of carbonyl (C=O) groups excluding carboxylic acids is 4. The predicted octanol–water partition coefficient (Wildman–Crippen LogP) is 3.20. The van der Waals surface area contributed by atoms with Gasteiger partial charge in [0.1, 0.15) is 0 Å². The van der Waals surface area contributed by atoms with Crippen LogP contribution in [0, 0.1) is 6.92 Å².